The number of para-hydroxylation sites is 1. The number of anilines is 2. The normalized spacial score (nSPS) is 11.2. The van der Waals surface area contributed by atoms with Crippen LogP contribution < -0.4 is 5.32 Å². The number of benzene rings is 1. The zero-order valence-electron chi connectivity index (χ0n) is 11.8. The SMILES string of the molecule is CC(C)(C)c1ccccc1Nc1ncccc1C(=O)O. The van der Waals surface area contributed by atoms with E-state index >= 15 is 0 Å². The third kappa shape index (κ3) is 2.96. The zero-order valence-corrected chi connectivity index (χ0v) is 11.8. The van der Waals surface area contributed by atoms with Crippen LogP contribution in [0.2, 0.25) is 0 Å². The van der Waals surface area contributed by atoms with Crippen molar-refractivity contribution in [3.05, 3.63) is 53.7 Å². The zero-order chi connectivity index (χ0) is 14.8. The van der Waals surface area contributed by atoms with Gasteiger partial charge >= 0.3 is 5.97 Å². The van der Waals surface area contributed by atoms with Crippen molar-refractivity contribution >= 4 is 17.5 Å². The second-order valence-electron chi connectivity index (χ2n) is 5.63. The maximum Gasteiger partial charge on any atom is 0.339 e. The number of carbonyl (C=O) groups is 1. The van der Waals surface area contributed by atoms with Gasteiger partial charge < -0.3 is 10.4 Å². The second kappa shape index (κ2) is 5.33. The van der Waals surface area contributed by atoms with E-state index in [1.165, 1.54) is 6.07 Å². The molecule has 0 atom stereocenters. The lowest BCUT2D eigenvalue weighted by molar-refractivity contribution is 0.0697. The number of hydrogen-bond donors (Lipinski definition) is 2. The largest absolute Gasteiger partial charge is 0.478 e. The van der Waals surface area contributed by atoms with Crippen LogP contribution in [0, 0.1) is 0 Å². The van der Waals surface area contributed by atoms with Gasteiger partial charge in [-0.25, -0.2) is 9.78 Å². The molecule has 1 aromatic heterocycles. The molecule has 0 saturated carbocycles. The molecule has 0 saturated heterocycles. The van der Waals surface area contributed by atoms with Crippen LogP contribution in [-0.2, 0) is 5.41 Å². The fourth-order valence-electron chi connectivity index (χ4n) is 2.05. The maximum atomic E-state index is 11.2. The van der Waals surface area contributed by atoms with Gasteiger partial charge in [0.1, 0.15) is 11.4 Å². The monoisotopic (exact) mass is 270 g/mol. The Morgan fingerprint density at radius 1 is 1.15 bits per heavy atom. The molecule has 0 unspecified atom stereocenters. The Hall–Kier alpha value is -2.36. The molecule has 0 amide bonds. The Kier molecular flexibility index (Phi) is 3.74. The molecule has 0 aliphatic rings. The summed E-state index contributed by atoms with van der Waals surface area (Å²) in [6, 6.07) is 11.0. The summed E-state index contributed by atoms with van der Waals surface area (Å²) in [7, 11) is 0. The van der Waals surface area contributed by atoms with Gasteiger partial charge in [-0.2, -0.15) is 0 Å². The topological polar surface area (TPSA) is 62.2 Å². The lowest BCUT2D eigenvalue weighted by Gasteiger charge is -2.23. The molecule has 4 nitrogen and oxygen atoms in total. The molecule has 0 spiro atoms. The predicted molar refractivity (Wildman–Crippen MR) is 79.6 cm³/mol. The summed E-state index contributed by atoms with van der Waals surface area (Å²) < 4.78 is 0. The van der Waals surface area contributed by atoms with Crippen LogP contribution in [0.3, 0.4) is 0 Å². The van der Waals surface area contributed by atoms with Gasteiger partial charge in [-0.15, -0.1) is 0 Å². The summed E-state index contributed by atoms with van der Waals surface area (Å²) in [5.41, 5.74) is 2.11. The smallest absolute Gasteiger partial charge is 0.339 e. The Balaban J connectivity index is 2.44. The van der Waals surface area contributed by atoms with Crippen LogP contribution in [-0.4, -0.2) is 16.1 Å². The summed E-state index contributed by atoms with van der Waals surface area (Å²) in [6.45, 7) is 6.35. The number of carboxylic acid groups (broad SMARTS) is 1. The quantitative estimate of drug-likeness (QED) is 0.890. The summed E-state index contributed by atoms with van der Waals surface area (Å²) in [4.78, 5) is 15.3. The Morgan fingerprint density at radius 2 is 1.85 bits per heavy atom. The highest BCUT2D eigenvalue weighted by Gasteiger charge is 2.19. The Labute approximate surface area is 118 Å². The molecule has 104 valence electrons. The van der Waals surface area contributed by atoms with Crippen molar-refractivity contribution in [1.82, 2.24) is 4.98 Å². The predicted octanol–water partition coefficient (Wildman–Crippen LogP) is 3.82. The molecule has 0 bridgehead atoms. The third-order valence-electron chi connectivity index (χ3n) is 3.03. The summed E-state index contributed by atoms with van der Waals surface area (Å²) in [6.07, 6.45) is 1.58. The molecule has 1 aromatic carbocycles. The van der Waals surface area contributed by atoms with Crippen LogP contribution in [0.4, 0.5) is 11.5 Å². The van der Waals surface area contributed by atoms with Crippen molar-refractivity contribution in [3.63, 3.8) is 0 Å². The van der Waals surface area contributed by atoms with Gasteiger partial charge in [-0.3, -0.25) is 0 Å². The van der Waals surface area contributed by atoms with Gasteiger partial charge in [0.2, 0.25) is 0 Å². The minimum atomic E-state index is -0.992. The molecule has 4 heteroatoms. The molecule has 2 rings (SSSR count). The second-order valence-corrected chi connectivity index (χ2v) is 5.63. The van der Waals surface area contributed by atoms with Crippen molar-refractivity contribution in [3.8, 4) is 0 Å². The molecule has 20 heavy (non-hydrogen) atoms. The number of carboxylic acids is 1. The first-order chi connectivity index (χ1) is 9.39. The van der Waals surface area contributed by atoms with E-state index in [9.17, 15) is 9.90 Å². The van der Waals surface area contributed by atoms with Crippen molar-refractivity contribution in [2.75, 3.05) is 5.32 Å². The first kappa shape index (κ1) is 14.1. The molecule has 1 heterocycles. The molecule has 0 fully saturated rings. The number of aromatic carboxylic acids is 1. The van der Waals surface area contributed by atoms with Crippen molar-refractivity contribution in [2.24, 2.45) is 0 Å². The van der Waals surface area contributed by atoms with Crippen molar-refractivity contribution < 1.29 is 9.90 Å². The van der Waals surface area contributed by atoms with Crippen molar-refractivity contribution in [1.29, 1.82) is 0 Å². The van der Waals surface area contributed by atoms with Gasteiger partial charge in [0.25, 0.3) is 0 Å². The minimum absolute atomic E-state index is 0.0399. The van der Waals surface area contributed by atoms with E-state index in [2.05, 4.69) is 31.1 Å². The number of pyridine rings is 1. The van der Waals surface area contributed by atoms with Gasteiger partial charge in [0.15, 0.2) is 0 Å². The van der Waals surface area contributed by atoms with Crippen molar-refractivity contribution in [2.45, 2.75) is 26.2 Å². The number of aromatic nitrogens is 1. The lowest BCUT2D eigenvalue weighted by Crippen LogP contribution is -2.14. The van der Waals surface area contributed by atoms with Crippen LogP contribution >= 0.6 is 0 Å². The van der Waals surface area contributed by atoms with E-state index in [0.717, 1.165) is 11.3 Å². The number of rotatable bonds is 3. The summed E-state index contributed by atoms with van der Waals surface area (Å²) in [5, 5.41) is 12.3. The third-order valence-corrected chi connectivity index (χ3v) is 3.03. The lowest BCUT2D eigenvalue weighted by atomic mass is 9.86. The summed E-state index contributed by atoms with van der Waals surface area (Å²) >= 11 is 0. The average Bonchev–Trinajstić information content (AvgIpc) is 2.38. The molecule has 0 radical (unpaired) electrons. The molecular weight excluding hydrogens is 252 g/mol. The van der Waals surface area contributed by atoms with Gasteiger partial charge in [0, 0.05) is 11.9 Å². The first-order valence-corrected chi connectivity index (χ1v) is 6.44. The van der Waals surface area contributed by atoms with Crippen LogP contribution in [0.25, 0.3) is 0 Å². The van der Waals surface area contributed by atoms with E-state index in [4.69, 9.17) is 0 Å². The molecule has 0 aliphatic carbocycles. The van der Waals surface area contributed by atoms with E-state index in [1.54, 1.807) is 12.3 Å². The average molecular weight is 270 g/mol. The standard InChI is InChI=1S/C16H18N2O2/c1-16(2,3)12-8-4-5-9-13(12)18-14-11(15(19)20)7-6-10-17-14/h4-10H,1-3H3,(H,17,18)(H,19,20). The fraction of sp³-hybridized carbons (Fsp3) is 0.250. The fourth-order valence-corrected chi connectivity index (χ4v) is 2.05. The minimum Gasteiger partial charge on any atom is -0.478 e. The number of nitrogens with zero attached hydrogens (tertiary/aromatic N) is 1. The van der Waals surface area contributed by atoms with Gasteiger partial charge in [-0.1, -0.05) is 39.0 Å². The highest BCUT2D eigenvalue weighted by molar-refractivity contribution is 5.94. The summed E-state index contributed by atoms with van der Waals surface area (Å²) in [5.74, 6) is -0.634. The Morgan fingerprint density at radius 3 is 2.50 bits per heavy atom. The highest BCUT2D eigenvalue weighted by atomic mass is 16.4. The van der Waals surface area contributed by atoms with E-state index in [1.807, 2.05) is 24.3 Å². The maximum absolute atomic E-state index is 11.2. The highest BCUT2D eigenvalue weighted by Crippen LogP contribution is 2.31. The Bertz CT molecular complexity index is 630. The van der Waals surface area contributed by atoms with Crippen LogP contribution in [0.15, 0.2) is 42.6 Å². The number of hydrogen-bond acceptors (Lipinski definition) is 3. The molecule has 2 N–H and O–H groups in total. The van der Waals surface area contributed by atoms with E-state index in [-0.39, 0.29) is 11.0 Å². The van der Waals surface area contributed by atoms with Crippen LogP contribution in [0.5, 0.6) is 0 Å². The van der Waals surface area contributed by atoms with Gasteiger partial charge in [0.05, 0.1) is 0 Å². The van der Waals surface area contributed by atoms with E-state index in [0.29, 0.717) is 5.82 Å². The van der Waals surface area contributed by atoms with Crippen LogP contribution in [0.1, 0.15) is 36.7 Å². The molecule has 2 aromatic rings. The first-order valence-electron chi connectivity index (χ1n) is 6.44. The molecular formula is C16H18N2O2. The number of nitrogens with one attached hydrogen (secondary N) is 1. The van der Waals surface area contributed by atoms with Gasteiger partial charge in [-0.05, 0) is 29.2 Å². The van der Waals surface area contributed by atoms with E-state index < -0.39 is 5.97 Å². The molecule has 0 aliphatic heterocycles.